The van der Waals surface area contributed by atoms with Gasteiger partial charge in [0.05, 0.1) is 4.91 Å². The number of anilines is 1. The van der Waals surface area contributed by atoms with Crippen LogP contribution in [0, 0.1) is 13.8 Å². The quantitative estimate of drug-likeness (QED) is 0.646. The van der Waals surface area contributed by atoms with Crippen LogP contribution in [0.1, 0.15) is 55.1 Å². The van der Waals surface area contributed by atoms with E-state index < -0.39 is 17.1 Å². The predicted octanol–water partition coefficient (Wildman–Crippen LogP) is 5.29. The Bertz CT molecular complexity index is 1040. The molecule has 0 bridgehead atoms. The Labute approximate surface area is 186 Å². The molecule has 1 aliphatic heterocycles. The lowest BCUT2D eigenvalue weighted by Gasteiger charge is -2.26. The largest absolute Gasteiger partial charge is 0.346 e. The van der Waals surface area contributed by atoms with Gasteiger partial charge in [-0.25, -0.2) is 0 Å². The number of nitrogens with zero attached hydrogens (tertiary/aromatic N) is 2. The molecule has 0 radical (unpaired) electrons. The molecule has 1 aromatic carbocycles. The molecule has 3 amide bonds. The van der Waals surface area contributed by atoms with Crippen LogP contribution in [0.15, 0.2) is 41.3 Å². The normalized spacial score (nSPS) is 18.8. The SMILES string of the molecule is Cc1cc(/C=C2\SC(=O)N(CC(=O)Nc3ccccc3)C2=O)c(C)n1C1CCCCC1. The van der Waals surface area contributed by atoms with Crippen LogP contribution < -0.4 is 5.32 Å². The fraction of sp³-hybridized carbons (Fsp3) is 0.375. The summed E-state index contributed by atoms with van der Waals surface area (Å²) in [4.78, 5) is 38.9. The van der Waals surface area contributed by atoms with Gasteiger partial charge in [0.15, 0.2) is 0 Å². The molecule has 0 spiro atoms. The summed E-state index contributed by atoms with van der Waals surface area (Å²) in [5, 5.41) is 2.30. The number of hydrogen-bond donors (Lipinski definition) is 1. The van der Waals surface area contributed by atoms with Gasteiger partial charge in [-0.3, -0.25) is 19.3 Å². The Kier molecular flexibility index (Phi) is 6.32. The van der Waals surface area contributed by atoms with E-state index in [9.17, 15) is 14.4 Å². The summed E-state index contributed by atoms with van der Waals surface area (Å²) in [6, 6.07) is 11.6. The van der Waals surface area contributed by atoms with Crippen LogP contribution in [0.25, 0.3) is 6.08 Å². The number of aryl methyl sites for hydroxylation is 1. The highest BCUT2D eigenvalue weighted by atomic mass is 32.2. The van der Waals surface area contributed by atoms with Crippen molar-refractivity contribution in [1.29, 1.82) is 0 Å². The second-order valence-corrected chi connectivity index (χ2v) is 9.16. The van der Waals surface area contributed by atoms with Gasteiger partial charge in [-0.2, -0.15) is 0 Å². The molecule has 1 N–H and O–H groups in total. The molecule has 0 atom stereocenters. The van der Waals surface area contributed by atoms with Gasteiger partial charge < -0.3 is 9.88 Å². The van der Waals surface area contributed by atoms with Gasteiger partial charge >= 0.3 is 0 Å². The molecule has 4 rings (SSSR count). The van der Waals surface area contributed by atoms with Crippen LogP contribution in [-0.2, 0) is 9.59 Å². The van der Waals surface area contributed by atoms with Gasteiger partial charge in [0.2, 0.25) is 5.91 Å². The van der Waals surface area contributed by atoms with E-state index in [-0.39, 0.29) is 6.54 Å². The van der Waals surface area contributed by atoms with E-state index >= 15 is 0 Å². The number of carbonyl (C=O) groups is 3. The molecule has 162 valence electrons. The number of aromatic nitrogens is 1. The second-order valence-electron chi connectivity index (χ2n) is 8.17. The third kappa shape index (κ3) is 4.61. The molecule has 1 saturated heterocycles. The first-order valence-electron chi connectivity index (χ1n) is 10.7. The zero-order valence-electron chi connectivity index (χ0n) is 17.9. The average molecular weight is 438 g/mol. The fourth-order valence-electron chi connectivity index (χ4n) is 4.49. The molecule has 2 aliphatic rings. The molecule has 2 heterocycles. The molecule has 2 aromatic rings. The number of carbonyl (C=O) groups excluding carboxylic acids is 3. The Morgan fingerprint density at radius 1 is 1.13 bits per heavy atom. The summed E-state index contributed by atoms with van der Waals surface area (Å²) in [5.41, 5.74) is 3.89. The summed E-state index contributed by atoms with van der Waals surface area (Å²) in [6.45, 7) is 3.88. The van der Waals surface area contributed by atoms with Crippen molar-refractivity contribution in [3.05, 3.63) is 58.3 Å². The molecule has 0 unspecified atom stereocenters. The Balaban J connectivity index is 1.49. The van der Waals surface area contributed by atoms with Gasteiger partial charge in [-0.15, -0.1) is 0 Å². The minimum atomic E-state index is -0.416. The lowest BCUT2D eigenvalue weighted by molar-refractivity contribution is -0.127. The van der Waals surface area contributed by atoms with Crippen LogP contribution in [-0.4, -0.2) is 33.1 Å². The second kappa shape index (κ2) is 9.14. The van der Waals surface area contributed by atoms with E-state index in [1.807, 2.05) is 18.2 Å². The van der Waals surface area contributed by atoms with Crippen LogP contribution in [0.2, 0.25) is 0 Å². The van der Waals surface area contributed by atoms with E-state index in [1.54, 1.807) is 18.2 Å². The van der Waals surface area contributed by atoms with E-state index in [2.05, 4.69) is 29.8 Å². The molecule has 31 heavy (non-hydrogen) atoms. The Morgan fingerprint density at radius 3 is 2.55 bits per heavy atom. The van der Waals surface area contributed by atoms with Crippen molar-refractivity contribution in [3.63, 3.8) is 0 Å². The van der Waals surface area contributed by atoms with Crippen molar-refractivity contribution < 1.29 is 14.4 Å². The van der Waals surface area contributed by atoms with E-state index in [1.165, 1.54) is 37.8 Å². The molecule has 1 aromatic heterocycles. The third-order valence-corrected chi connectivity index (χ3v) is 6.89. The van der Waals surface area contributed by atoms with Crippen LogP contribution in [0.4, 0.5) is 10.5 Å². The number of nitrogens with one attached hydrogen (secondary N) is 1. The monoisotopic (exact) mass is 437 g/mol. The predicted molar refractivity (Wildman–Crippen MR) is 124 cm³/mol. The van der Waals surface area contributed by atoms with Crippen LogP contribution >= 0.6 is 11.8 Å². The first-order chi connectivity index (χ1) is 14.9. The molecule has 1 aliphatic carbocycles. The summed E-state index contributed by atoms with van der Waals surface area (Å²) in [5.74, 6) is -0.814. The number of rotatable bonds is 5. The maximum absolute atomic E-state index is 12.8. The van der Waals surface area contributed by atoms with E-state index in [4.69, 9.17) is 0 Å². The number of thioether (sulfide) groups is 1. The third-order valence-electron chi connectivity index (χ3n) is 5.98. The highest BCUT2D eigenvalue weighted by Gasteiger charge is 2.36. The van der Waals surface area contributed by atoms with Crippen molar-refractivity contribution in [2.75, 3.05) is 11.9 Å². The smallest absolute Gasteiger partial charge is 0.294 e. The molecule has 1 saturated carbocycles. The van der Waals surface area contributed by atoms with Gasteiger partial charge in [0.1, 0.15) is 6.54 Å². The molecule has 7 heteroatoms. The molecular weight excluding hydrogens is 410 g/mol. The highest BCUT2D eigenvalue weighted by molar-refractivity contribution is 8.18. The number of benzene rings is 1. The van der Waals surface area contributed by atoms with Crippen molar-refractivity contribution in [1.82, 2.24) is 9.47 Å². The van der Waals surface area contributed by atoms with Crippen molar-refractivity contribution in [3.8, 4) is 0 Å². The van der Waals surface area contributed by atoms with Crippen molar-refractivity contribution in [2.24, 2.45) is 0 Å². The van der Waals surface area contributed by atoms with Crippen molar-refractivity contribution in [2.45, 2.75) is 52.0 Å². The maximum atomic E-state index is 12.8. The molecule has 2 fully saturated rings. The van der Waals surface area contributed by atoms with Gasteiger partial charge in [-0.05, 0) is 68.3 Å². The number of hydrogen-bond acceptors (Lipinski definition) is 4. The van der Waals surface area contributed by atoms with Gasteiger partial charge in [0.25, 0.3) is 11.1 Å². The summed E-state index contributed by atoms with van der Waals surface area (Å²) in [7, 11) is 0. The Hall–Kier alpha value is -2.80. The molecular formula is C24H27N3O3S. The number of para-hydroxylation sites is 1. The highest BCUT2D eigenvalue weighted by Crippen LogP contribution is 2.36. The Morgan fingerprint density at radius 2 is 1.84 bits per heavy atom. The van der Waals surface area contributed by atoms with Gasteiger partial charge in [0, 0.05) is 23.1 Å². The molecule has 6 nitrogen and oxygen atoms in total. The standard InChI is InChI=1S/C24H27N3O3S/c1-16-13-18(17(2)27(16)20-11-7-4-8-12-20)14-21-23(29)26(24(30)31-21)15-22(28)25-19-9-5-3-6-10-19/h3,5-6,9-10,13-14,20H,4,7-8,11-12,15H2,1-2H3,(H,25,28)/b21-14-. The van der Waals surface area contributed by atoms with E-state index in [0.29, 0.717) is 16.6 Å². The van der Waals surface area contributed by atoms with Crippen molar-refractivity contribution >= 4 is 40.6 Å². The average Bonchev–Trinajstić information content (AvgIpc) is 3.18. The topological polar surface area (TPSA) is 71.4 Å². The van der Waals surface area contributed by atoms with Crippen LogP contribution in [0.5, 0.6) is 0 Å². The van der Waals surface area contributed by atoms with Crippen LogP contribution in [0.3, 0.4) is 0 Å². The lowest BCUT2D eigenvalue weighted by atomic mass is 9.95. The summed E-state index contributed by atoms with van der Waals surface area (Å²) < 4.78 is 2.38. The van der Waals surface area contributed by atoms with Gasteiger partial charge in [-0.1, -0.05) is 37.5 Å². The fourth-order valence-corrected chi connectivity index (χ4v) is 5.32. The number of imide groups is 1. The summed E-state index contributed by atoms with van der Waals surface area (Å²) in [6.07, 6.45) is 7.96. The summed E-state index contributed by atoms with van der Waals surface area (Å²) >= 11 is 0.894. The lowest BCUT2D eigenvalue weighted by Crippen LogP contribution is -2.36. The minimum absolute atomic E-state index is 0.294. The minimum Gasteiger partial charge on any atom is -0.346 e. The zero-order chi connectivity index (χ0) is 22.0. The maximum Gasteiger partial charge on any atom is 0.294 e. The first-order valence-corrected chi connectivity index (χ1v) is 11.5. The van der Waals surface area contributed by atoms with E-state index in [0.717, 1.165) is 27.9 Å². The number of amides is 3. The zero-order valence-corrected chi connectivity index (χ0v) is 18.7. The first kappa shape index (κ1) is 21.4.